The molecule has 1 saturated carbocycles. The van der Waals surface area contributed by atoms with Crippen LogP contribution in [-0.2, 0) is 20.7 Å². The van der Waals surface area contributed by atoms with Crippen molar-refractivity contribution in [2.75, 3.05) is 18.9 Å². The summed E-state index contributed by atoms with van der Waals surface area (Å²) in [6.45, 7) is 8.28. The van der Waals surface area contributed by atoms with E-state index in [1.165, 1.54) is 5.57 Å². The molecule has 1 aromatic heterocycles. The fourth-order valence-corrected chi connectivity index (χ4v) is 5.57. The maximum atomic E-state index is 13.6. The zero-order chi connectivity index (χ0) is 25.5. The monoisotopic (exact) mass is 546 g/mol. The van der Waals surface area contributed by atoms with Crippen LogP contribution in [0, 0.1) is 5.41 Å². The molecule has 1 spiro atoms. The Labute approximate surface area is 215 Å². The number of likely N-dealkylation sites (N-methyl/N-ethyl adjacent to an activating group) is 1. The third-order valence-electron chi connectivity index (χ3n) is 7.31. The summed E-state index contributed by atoms with van der Waals surface area (Å²) in [7, 11) is 1.81. The van der Waals surface area contributed by atoms with Gasteiger partial charge in [-0.25, -0.2) is 9.78 Å². The number of carbonyl (C=O) groups excluding carboxylic acids is 3. The van der Waals surface area contributed by atoms with Crippen LogP contribution < -0.4 is 5.32 Å². The molecule has 35 heavy (non-hydrogen) atoms. The quantitative estimate of drug-likeness (QED) is 0.376. The Morgan fingerprint density at radius 1 is 1.23 bits per heavy atom. The summed E-state index contributed by atoms with van der Waals surface area (Å²) >= 11 is 3.37. The van der Waals surface area contributed by atoms with E-state index in [1.54, 1.807) is 21.9 Å². The van der Waals surface area contributed by atoms with Crippen LogP contribution in [0.25, 0.3) is 0 Å². The van der Waals surface area contributed by atoms with Crippen molar-refractivity contribution >= 4 is 39.7 Å². The molecule has 1 aliphatic carbocycles. The highest BCUT2D eigenvalue weighted by molar-refractivity contribution is 9.10. The van der Waals surface area contributed by atoms with Crippen molar-refractivity contribution in [3.63, 3.8) is 0 Å². The first kappa shape index (κ1) is 25.7. The molecular weight excluding hydrogens is 512 g/mol. The highest BCUT2D eigenvalue weighted by atomic mass is 79.9. The molecule has 3 amide bonds. The number of nitrogens with one attached hydrogen (secondary N) is 1. The standard InChI is InChI=1S/C26H35BrN4O4/c1-16-9-7-6-8-12-30(5)21(32)13-17-10-11-20(27)28-22(17)29-23(33)18-14-26(16)15-19(26)31(18)24(34)35-25(2,3)4/h9-11,18-19H,6-8,12-15H2,1-5H3,(H,28,29,33)/t18-,19?,26-/m0/s1. The highest BCUT2D eigenvalue weighted by Crippen LogP contribution is 2.64. The fourth-order valence-electron chi connectivity index (χ4n) is 5.26. The van der Waals surface area contributed by atoms with Gasteiger partial charge < -0.3 is 15.0 Å². The molecule has 0 radical (unpaired) electrons. The van der Waals surface area contributed by atoms with Crippen molar-refractivity contribution in [1.29, 1.82) is 0 Å². The number of anilines is 1. The molecule has 3 atom stereocenters. The number of pyridine rings is 1. The van der Waals surface area contributed by atoms with Gasteiger partial charge in [-0.3, -0.25) is 14.5 Å². The van der Waals surface area contributed by atoms with Crippen molar-refractivity contribution in [2.24, 2.45) is 5.41 Å². The fraction of sp³-hybridized carbons (Fsp3) is 0.615. The molecule has 1 unspecified atom stereocenters. The molecule has 190 valence electrons. The average Bonchev–Trinajstić information content (AvgIpc) is 3.38. The second-order valence-corrected chi connectivity index (χ2v) is 11.8. The maximum absolute atomic E-state index is 13.6. The summed E-state index contributed by atoms with van der Waals surface area (Å²) in [5.41, 5.74) is 1.02. The maximum Gasteiger partial charge on any atom is 0.411 e. The van der Waals surface area contributed by atoms with Gasteiger partial charge in [-0.05, 0) is 81.8 Å². The third-order valence-corrected chi connectivity index (χ3v) is 7.75. The van der Waals surface area contributed by atoms with E-state index in [-0.39, 0.29) is 29.7 Å². The summed E-state index contributed by atoms with van der Waals surface area (Å²) in [4.78, 5) is 47.5. The number of hydrogen-bond donors (Lipinski definition) is 1. The van der Waals surface area contributed by atoms with Gasteiger partial charge in [0.05, 0.1) is 6.42 Å². The number of fused-ring (bicyclic) bond motifs is 2. The van der Waals surface area contributed by atoms with E-state index in [0.717, 1.165) is 25.7 Å². The van der Waals surface area contributed by atoms with Gasteiger partial charge in [0.15, 0.2) is 0 Å². The lowest BCUT2D eigenvalue weighted by molar-refractivity contribution is -0.129. The third kappa shape index (κ3) is 5.39. The molecule has 9 heteroatoms. The number of likely N-dealkylation sites (tertiary alicyclic amines) is 1. The molecule has 3 heterocycles. The Balaban J connectivity index is 1.69. The second-order valence-electron chi connectivity index (χ2n) is 11.0. The van der Waals surface area contributed by atoms with E-state index in [0.29, 0.717) is 29.0 Å². The van der Waals surface area contributed by atoms with Gasteiger partial charge in [-0.2, -0.15) is 0 Å². The van der Waals surface area contributed by atoms with Gasteiger partial charge in [0, 0.05) is 30.6 Å². The average molecular weight is 547 g/mol. The number of piperidine rings is 1. The summed E-state index contributed by atoms with van der Waals surface area (Å²) in [5.74, 6) is -0.000823. The number of hydrogen-bond acceptors (Lipinski definition) is 5. The van der Waals surface area contributed by atoms with Gasteiger partial charge in [0.25, 0.3) is 0 Å². The van der Waals surface area contributed by atoms with Gasteiger partial charge in [-0.15, -0.1) is 0 Å². The number of ether oxygens (including phenoxy) is 1. The molecule has 1 saturated heterocycles. The van der Waals surface area contributed by atoms with E-state index in [9.17, 15) is 14.4 Å². The molecular formula is C26H35BrN4O4. The minimum atomic E-state index is -0.674. The van der Waals surface area contributed by atoms with Crippen LogP contribution in [0.2, 0.25) is 0 Å². The lowest BCUT2D eigenvalue weighted by Crippen LogP contribution is -2.47. The van der Waals surface area contributed by atoms with Crippen LogP contribution in [-0.4, -0.2) is 64.0 Å². The number of nitrogens with zero attached hydrogens (tertiary/aromatic N) is 3. The zero-order valence-electron chi connectivity index (χ0n) is 21.2. The lowest BCUT2D eigenvalue weighted by Gasteiger charge is -2.30. The topological polar surface area (TPSA) is 91.8 Å². The summed E-state index contributed by atoms with van der Waals surface area (Å²) in [6.07, 6.45) is 6.11. The molecule has 8 nitrogen and oxygen atoms in total. The second kappa shape index (κ2) is 9.56. The molecule has 2 fully saturated rings. The number of carbonyl (C=O) groups is 3. The first-order valence-electron chi connectivity index (χ1n) is 12.3. The van der Waals surface area contributed by atoms with Gasteiger partial charge in [-0.1, -0.05) is 17.7 Å². The SMILES string of the molecule is CC1=CCCCCN(C)C(=O)Cc2ccc(Br)nc2NC(=O)[C@@H]2C[C@]13CC3N2C(=O)OC(C)(C)C. The normalized spacial score (nSPS) is 27.5. The number of aromatic nitrogens is 1. The minimum Gasteiger partial charge on any atom is -0.444 e. The van der Waals surface area contributed by atoms with Crippen molar-refractivity contribution in [1.82, 2.24) is 14.8 Å². The Bertz CT molecular complexity index is 1070. The van der Waals surface area contributed by atoms with Gasteiger partial charge in [0.2, 0.25) is 11.8 Å². The lowest BCUT2D eigenvalue weighted by atomic mass is 9.90. The van der Waals surface area contributed by atoms with E-state index in [2.05, 4.69) is 39.2 Å². The predicted molar refractivity (Wildman–Crippen MR) is 137 cm³/mol. The molecule has 0 aromatic carbocycles. The van der Waals surface area contributed by atoms with Crippen molar-refractivity contribution in [2.45, 2.75) is 83.9 Å². The Kier molecular flexibility index (Phi) is 7.01. The Hall–Kier alpha value is -2.42. The number of allylic oxidation sites excluding steroid dienone is 1. The molecule has 1 aromatic rings. The summed E-state index contributed by atoms with van der Waals surface area (Å²) < 4.78 is 6.26. The van der Waals surface area contributed by atoms with E-state index in [1.807, 2.05) is 27.8 Å². The van der Waals surface area contributed by atoms with E-state index >= 15 is 0 Å². The molecule has 2 bridgehead atoms. The predicted octanol–water partition coefficient (Wildman–Crippen LogP) is 4.68. The molecule has 1 N–H and O–H groups in total. The van der Waals surface area contributed by atoms with Crippen molar-refractivity contribution < 1.29 is 19.1 Å². The Morgan fingerprint density at radius 2 is 1.97 bits per heavy atom. The highest BCUT2D eigenvalue weighted by Gasteiger charge is 2.68. The van der Waals surface area contributed by atoms with Crippen LogP contribution in [0.15, 0.2) is 28.4 Å². The number of amides is 3. The van der Waals surface area contributed by atoms with Gasteiger partial charge in [0.1, 0.15) is 22.1 Å². The van der Waals surface area contributed by atoms with Gasteiger partial charge >= 0.3 is 6.09 Å². The van der Waals surface area contributed by atoms with Crippen LogP contribution >= 0.6 is 15.9 Å². The van der Waals surface area contributed by atoms with Crippen LogP contribution in [0.3, 0.4) is 0 Å². The van der Waals surface area contributed by atoms with E-state index < -0.39 is 17.7 Å². The summed E-state index contributed by atoms with van der Waals surface area (Å²) in [5, 5.41) is 2.93. The minimum absolute atomic E-state index is 0.0279. The molecule has 3 aliphatic rings. The first-order chi connectivity index (χ1) is 16.4. The number of rotatable bonds is 0. The number of halogens is 1. The van der Waals surface area contributed by atoms with Crippen molar-refractivity contribution in [3.05, 3.63) is 33.9 Å². The molecule has 4 rings (SSSR count). The Morgan fingerprint density at radius 3 is 2.69 bits per heavy atom. The molecule has 2 aliphatic heterocycles. The van der Waals surface area contributed by atoms with Crippen LogP contribution in [0.1, 0.15) is 65.4 Å². The summed E-state index contributed by atoms with van der Waals surface area (Å²) in [6, 6.07) is 2.83. The zero-order valence-corrected chi connectivity index (χ0v) is 22.8. The first-order valence-corrected chi connectivity index (χ1v) is 13.1. The smallest absolute Gasteiger partial charge is 0.411 e. The van der Waals surface area contributed by atoms with Crippen molar-refractivity contribution in [3.8, 4) is 0 Å². The van der Waals surface area contributed by atoms with E-state index in [4.69, 9.17) is 4.74 Å². The largest absolute Gasteiger partial charge is 0.444 e. The van der Waals surface area contributed by atoms with Crippen LogP contribution in [0.5, 0.6) is 0 Å². The van der Waals surface area contributed by atoms with Crippen LogP contribution in [0.4, 0.5) is 10.6 Å².